The number of amides is 1. The first-order valence-corrected chi connectivity index (χ1v) is 12.0. The minimum absolute atomic E-state index is 0.0154. The molecular weight excluding hydrogens is 525 g/mol. The van der Waals surface area contributed by atoms with E-state index in [-0.39, 0.29) is 30.3 Å². The summed E-state index contributed by atoms with van der Waals surface area (Å²) in [5, 5.41) is 13.7. The van der Waals surface area contributed by atoms with Crippen molar-refractivity contribution in [1.82, 2.24) is 5.32 Å². The van der Waals surface area contributed by atoms with Crippen LogP contribution in [0.3, 0.4) is 0 Å². The fraction of sp³-hybridized carbons (Fsp3) is 0.138. The Hall–Kier alpha value is -5.06. The number of hydrogen-bond acceptors (Lipinski definition) is 4. The van der Waals surface area contributed by atoms with Crippen LogP contribution in [0.5, 0.6) is 5.75 Å². The van der Waals surface area contributed by atoms with Gasteiger partial charge in [-0.2, -0.15) is 13.2 Å². The number of carboxylic acid groups (broad SMARTS) is 1. The molecule has 1 atom stereocenters. The molecule has 4 aromatic rings. The number of hydrogen-bond donors (Lipinski definition) is 4. The van der Waals surface area contributed by atoms with Gasteiger partial charge in [-0.15, -0.1) is 0 Å². The molecule has 0 bridgehead atoms. The average molecular weight is 551 g/mol. The first-order chi connectivity index (χ1) is 19.0. The van der Waals surface area contributed by atoms with Crippen molar-refractivity contribution >= 4 is 34.3 Å². The normalized spacial score (nSPS) is 12.0. The molecule has 0 fully saturated rings. The maximum absolute atomic E-state index is 13.3. The Labute approximate surface area is 227 Å². The number of carboxylic acids is 1. The molecule has 1 amide bonds. The highest BCUT2D eigenvalue weighted by Crippen LogP contribution is 2.32. The molecule has 0 spiro atoms. The average Bonchev–Trinajstić information content (AvgIpc) is 2.91. The molecule has 1 unspecified atom stereocenters. The van der Waals surface area contributed by atoms with Crippen LogP contribution >= 0.6 is 0 Å². The fourth-order valence-corrected chi connectivity index (χ4v) is 4.05. The van der Waals surface area contributed by atoms with E-state index < -0.39 is 29.7 Å². The molecule has 40 heavy (non-hydrogen) atoms. The van der Waals surface area contributed by atoms with Gasteiger partial charge in [-0.05, 0) is 46.8 Å². The molecule has 0 saturated heterocycles. The summed E-state index contributed by atoms with van der Waals surface area (Å²) in [6, 6.07) is 20.1. The summed E-state index contributed by atoms with van der Waals surface area (Å²) < 4.78 is 44.7. The zero-order valence-electron chi connectivity index (χ0n) is 21.0. The second kappa shape index (κ2) is 11.8. The smallest absolute Gasteiger partial charge is 0.416 e. The van der Waals surface area contributed by atoms with Gasteiger partial charge in [0.1, 0.15) is 18.4 Å². The number of alkyl halides is 3. The number of nitrogens with one attached hydrogen (secondary N) is 1. The summed E-state index contributed by atoms with van der Waals surface area (Å²) in [7, 11) is 0. The van der Waals surface area contributed by atoms with Gasteiger partial charge in [-0.3, -0.25) is 4.79 Å². The van der Waals surface area contributed by atoms with Gasteiger partial charge in [-0.25, -0.2) is 9.79 Å². The lowest BCUT2D eigenvalue weighted by atomic mass is 10.0. The van der Waals surface area contributed by atoms with Crippen molar-refractivity contribution in [2.45, 2.75) is 25.2 Å². The summed E-state index contributed by atoms with van der Waals surface area (Å²) in [5.74, 6) is -1.86. The zero-order valence-corrected chi connectivity index (χ0v) is 21.0. The standard InChI is InChI=1S/C29H25F3N4O4/c30-29(31,32)20-10-5-18(6-11-20)16-40-25-22-4-2-1-3-19(22)9-14-23(25)26(37)36-24(27(38)39)15-17-7-12-21(13-8-17)35-28(33)34/h1-14,24H,15-16H2,(H,36,37)(H,38,39)(H4,33,34,35). The molecule has 4 rings (SSSR count). The van der Waals surface area contributed by atoms with Crippen LogP contribution in [0.2, 0.25) is 0 Å². The van der Waals surface area contributed by atoms with E-state index in [2.05, 4.69) is 10.3 Å². The molecule has 206 valence electrons. The predicted octanol–water partition coefficient (Wildman–Crippen LogP) is 4.77. The number of ether oxygens (including phenoxy) is 1. The highest BCUT2D eigenvalue weighted by molar-refractivity contribution is 6.04. The van der Waals surface area contributed by atoms with E-state index in [0.717, 1.165) is 17.5 Å². The van der Waals surface area contributed by atoms with E-state index >= 15 is 0 Å². The lowest BCUT2D eigenvalue weighted by Crippen LogP contribution is -2.42. The Kier molecular flexibility index (Phi) is 8.23. The number of aliphatic carboxylic acids is 1. The van der Waals surface area contributed by atoms with E-state index in [1.165, 1.54) is 18.2 Å². The van der Waals surface area contributed by atoms with Crippen LogP contribution in [-0.4, -0.2) is 29.0 Å². The maximum Gasteiger partial charge on any atom is 0.416 e. The summed E-state index contributed by atoms with van der Waals surface area (Å²) >= 11 is 0. The van der Waals surface area contributed by atoms with Crippen molar-refractivity contribution in [1.29, 1.82) is 0 Å². The van der Waals surface area contributed by atoms with Gasteiger partial charge in [0.15, 0.2) is 5.96 Å². The van der Waals surface area contributed by atoms with Crippen molar-refractivity contribution in [2.75, 3.05) is 0 Å². The van der Waals surface area contributed by atoms with Crippen LogP contribution in [0.25, 0.3) is 10.8 Å². The van der Waals surface area contributed by atoms with Gasteiger partial charge in [0, 0.05) is 11.8 Å². The number of nitrogens with two attached hydrogens (primary N) is 2. The molecule has 0 aliphatic carbocycles. The SMILES string of the molecule is NC(N)=Nc1ccc(CC(NC(=O)c2ccc3ccccc3c2OCc2ccc(C(F)(F)F)cc2)C(=O)O)cc1. The monoisotopic (exact) mass is 550 g/mol. The van der Waals surface area contributed by atoms with Crippen molar-refractivity contribution < 1.29 is 32.6 Å². The molecule has 0 saturated carbocycles. The minimum atomic E-state index is -4.46. The molecule has 6 N–H and O–H groups in total. The second-order valence-electron chi connectivity index (χ2n) is 8.92. The van der Waals surface area contributed by atoms with Gasteiger partial charge < -0.3 is 26.6 Å². The lowest BCUT2D eigenvalue weighted by molar-refractivity contribution is -0.139. The van der Waals surface area contributed by atoms with E-state index in [4.69, 9.17) is 16.2 Å². The van der Waals surface area contributed by atoms with E-state index in [9.17, 15) is 27.9 Å². The third-order valence-corrected chi connectivity index (χ3v) is 6.03. The van der Waals surface area contributed by atoms with Gasteiger partial charge in [-0.1, -0.05) is 54.6 Å². The Morgan fingerprint density at radius 3 is 2.17 bits per heavy atom. The minimum Gasteiger partial charge on any atom is -0.487 e. The maximum atomic E-state index is 13.3. The Morgan fingerprint density at radius 2 is 1.55 bits per heavy atom. The molecule has 0 radical (unpaired) electrons. The molecule has 0 aliphatic rings. The first-order valence-electron chi connectivity index (χ1n) is 12.0. The quantitative estimate of drug-likeness (QED) is 0.175. The molecular formula is C29H25F3N4O4. The number of rotatable bonds is 9. The predicted molar refractivity (Wildman–Crippen MR) is 144 cm³/mol. The largest absolute Gasteiger partial charge is 0.487 e. The van der Waals surface area contributed by atoms with E-state index in [1.54, 1.807) is 48.5 Å². The van der Waals surface area contributed by atoms with Gasteiger partial charge in [0.2, 0.25) is 0 Å². The van der Waals surface area contributed by atoms with Crippen molar-refractivity contribution in [2.24, 2.45) is 16.5 Å². The van der Waals surface area contributed by atoms with Crippen molar-refractivity contribution in [3.63, 3.8) is 0 Å². The highest BCUT2D eigenvalue weighted by Gasteiger charge is 2.30. The highest BCUT2D eigenvalue weighted by atomic mass is 19.4. The number of benzene rings is 4. The third-order valence-electron chi connectivity index (χ3n) is 6.03. The number of carbonyl (C=O) groups is 2. The fourth-order valence-electron chi connectivity index (χ4n) is 4.05. The third kappa shape index (κ3) is 6.87. The van der Waals surface area contributed by atoms with Crippen molar-refractivity contribution in [3.05, 3.63) is 107 Å². The molecule has 11 heteroatoms. The van der Waals surface area contributed by atoms with Crippen LogP contribution in [0.4, 0.5) is 18.9 Å². The van der Waals surface area contributed by atoms with Gasteiger partial charge >= 0.3 is 12.1 Å². The van der Waals surface area contributed by atoms with Gasteiger partial charge in [0.25, 0.3) is 5.91 Å². The number of aliphatic imine (C=N–C) groups is 1. The van der Waals surface area contributed by atoms with Gasteiger partial charge in [0.05, 0.1) is 16.8 Å². The van der Waals surface area contributed by atoms with Crippen molar-refractivity contribution in [3.8, 4) is 5.75 Å². The molecule has 0 aliphatic heterocycles. The van der Waals surface area contributed by atoms with Crippen LogP contribution in [0.15, 0.2) is 89.9 Å². The second-order valence-corrected chi connectivity index (χ2v) is 8.92. The molecule has 0 heterocycles. The number of nitrogens with zero attached hydrogens (tertiary/aromatic N) is 1. The number of guanidine groups is 1. The number of carbonyl (C=O) groups excluding carboxylic acids is 1. The van der Waals surface area contributed by atoms with E-state index in [1.807, 2.05) is 6.07 Å². The van der Waals surface area contributed by atoms with Crippen LogP contribution < -0.4 is 21.5 Å². The molecule has 4 aromatic carbocycles. The summed E-state index contributed by atoms with van der Waals surface area (Å²) in [4.78, 5) is 29.3. The Balaban J connectivity index is 1.57. The number of halogens is 3. The summed E-state index contributed by atoms with van der Waals surface area (Å²) in [5.41, 5.74) is 11.6. The summed E-state index contributed by atoms with van der Waals surface area (Å²) in [6.45, 7) is -0.114. The molecule has 0 aromatic heterocycles. The van der Waals surface area contributed by atoms with E-state index in [0.29, 0.717) is 22.2 Å². The summed E-state index contributed by atoms with van der Waals surface area (Å²) in [6.07, 6.45) is -4.48. The zero-order chi connectivity index (χ0) is 28.9. The number of fused-ring (bicyclic) bond motifs is 1. The first kappa shape index (κ1) is 28.0. The topological polar surface area (TPSA) is 140 Å². The Bertz CT molecular complexity index is 1550. The van der Waals surface area contributed by atoms with Crippen LogP contribution in [0, 0.1) is 0 Å². The van der Waals surface area contributed by atoms with Crippen LogP contribution in [0.1, 0.15) is 27.0 Å². The van der Waals surface area contributed by atoms with Crippen LogP contribution in [-0.2, 0) is 24.0 Å². The lowest BCUT2D eigenvalue weighted by Gasteiger charge is -2.18. The Morgan fingerprint density at radius 1 is 0.900 bits per heavy atom. The molecule has 8 nitrogen and oxygen atoms in total.